The van der Waals surface area contributed by atoms with Crippen LogP contribution < -0.4 is 15.0 Å². The topological polar surface area (TPSA) is 44.8 Å². The third-order valence-corrected chi connectivity index (χ3v) is 4.68. The van der Waals surface area contributed by atoms with Gasteiger partial charge in [-0.1, -0.05) is 29.8 Å². The number of carbonyl (C=O) groups is 1. The molecule has 0 unspecified atom stereocenters. The fraction of sp³-hybridized carbons (Fsp3) is 0.316. The maximum absolute atomic E-state index is 12.6. The second-order valence-electron chi connectivity index (χ2n) is 6.06. The smallest absolute Gasteiger partial charge is 0.322 e. The molecule has 5 nitrogen and oxygen atoms in total. The standard InChI is InChI=1S/C19H22ClN3O2/c1-14-7-8-18(25-2)16(13-14)21-19(24)23-11-9-22(10-12-23)17-6-4-3-5-15(17)20/h3-8,13H,9-12H2,1-2H3,(H,21,24). The molecule has 1 heterocycles. The average Bonchev–Trinajstić information content (AvgIpc) is 2.62. The monoisotopic (exact) mass is 359 g/mol. The van der Waals surface area contributed by atoms with Crippen LogP contribution in [0.3, 0.4) is 0 Å². The Balaban J connectivity index is 1.62. The van der Waals surface area contributed by atoms with Crippen LogP contribution in [0.2, 0.25) is 5.02 Å². The Bertz CT molecular complexity index is 758. The third kappa shape index (κ3) is 3.99. The van der Waals surface area contributed by atoms with Crippen molar-refractivity contribution in [2.45, 2.75) is 6.92 Å². The molecule has 0 spiro atoms. The summed E-state index contributed by atoms with van der Waals surface area (Å²) >= 11 is 6.26. The predicted octanol–water partition coefficient (Wildman–Crippen LogP) is 4.01. The second kappa shape index (κ2) is 7.66. The van der Waals surface area contributed by atoms with Gasteiger partial charge in [0.2, 0.25) is 0 Å². The molecule has 3 rings (SSSR count). The molecule has 2 aromatic carbocycles. The molecule has 0 radical (unpaired) electrons. The maximum atomic E-state index is 12.6. The summed E-state index contributed by atoms with van der Waals surface area (Å²) in [5.41, 5.74) is 2.78. The minimum Gasteiger partial charge on any atom is -0.495 e. The predicted molar refractivity (Wildman–Crippen MR) is 102 cm³/mol. The van der Waals surface area contributed by atoms with Crippen molar-refractivity contribution in [3.63, 3.8) is 0 Å². The molecule has 2 aromatic rings. The van der Waals surface area contributed by atoms with Gasteiger partial charge in [-0.05, 0) is 36.8 Å². The number of halogens is 1. The lowest BCUT2D eigenvalue weighted by molar-refractivity contribution is 0.208. The molecule has 0 bridgehead atoms. The number of aryl methyl sites for hydroxylation is 1. The lowest BCUT2D eigenvalue weighted by atomic mass is 10.2. The van der Waals surface area contributed by atoms with Crippen LogP contribution in [0.4, 0.5) is 16.2 Å². The summed E-state index contributed by atoms with van der Waals surface area (Å²) in [6.07, 6.45) is 0. The van der Waals surface area contributed by atoms with E-state index in [2.05, 4.69) is 10.2 Å². The molecule has 1 saturated heterocycles. The number of ether oxygens (including phenoxy) is 1. The fourth-order valence-corrected chi connectivity index (χ4v) is 3.23. The van der Waals surface area contributed by atoms with Crippen LogP contribution in [-0.2, 0) is 0 Å². The van der Waals surface area contributed by atoms with Gasteiger partial charge in [-0.25, -0.2) is 4.79 Å². The lowest BCUT2D eigenvalue weighted by Crippen LogP contribution is -2.50. The summed E-state index contributed by atoms with van der Waals surface area (Å²) in [4.78, 5) is 16.6. The Morgan fingerprint density at radius 2 is 1.84 bits per heavy atom. The zero-order valence-corrected chi connectivity index (χ0v) is 15.2. The van der Waals surface area contributed by atoms with E-state index < -0.39 is 0 Å². The largest absolute Gasteiger partial charge is 0.495 e. The van der Waals surface area contributed by atoms with Gasteiger partial charge in [0.1, 0.15) is 5.75 Å². The van der Waals surface area contributed by atoms with Crippen molar-refractivity contribution in [2.24, 2.45) is 0 Å². The number of anilines is 2. The molecule has 25 heavy (non-hydrogen) atoms. The molecular weight excluding hydrogens is 338 g/mol. The van der Waals surface area contributed by atoms with Crippen LogP contribution in [-0.4, -0.2) is 44.2 Å². The molecular formula is C19H22ClN3O2. The van der Waals surface area contributed by atoms with E-state index in [-0.39, 0.29) is 6.03 Å². The summed E-state index contributed by atoms with van der Waals surface area (Å²) in [6.45, 7) is 4.78. The van der Waals surface area contributed by atoms with Gasteiger partial charge in [0.05, 0.1) is 23.5 Å². The first-order chi connectivity index (χ1) is 12.1. The van der Waals surface area contributed by atoms with Crippen LogP contribution in [0, 0.1) is 6.92 Å². The van der Waals surface area contributed by atoms with E-state index in [9.17, 15) is 4.79 Å². The summed E-state index contributed by atoms with van der Waals surface area (Å²) < 4.78 is 5.32. The van der Waals surface area contributed by atoms with Gasteiger partial charge < -0.3 is 19.9 Å². The summed E-state index contributed by atoms with van der Waals surface area (Å²) in [5.74, 6) is 0.661. The van der Waals surface area contributed by atoms with Gasteiger partial charge in [-0.2, -0.15) is 0 Å². The summed E-state index contributed by atoms with van der Waals surface area (Å²) in [5, 5.41) is 3.70. The Morgan fingerprint density at radius 1 is 1.12 bits per heavy atom. The second-order valence-corrected chi connectivity index (χ2v) is 6.47. The van der Waals surface area contributed by atoms with Crippen LogP contribution in [0.1, 0.15) is 5.56 Å². The quantitative estimate of drug-likeness (QED) is 0.900. The number of hydrogen-bond acceptors (Lipinski definition) is 3. The number of hydrogen-bond donors (Lipinski definition) is 1. The van der Waals surface area contributed by atoms with Gasteiger partial charge in [-0.3, -0.25) is 0 Å². The molecule has 132 valence electrons. The zero-order chi connectivity index (χ0) is 17.8. The number of urea groups is 1. The number of carbonyl (C=O) groups excluding carboxylic acids is 1. The molecule has 0 atom stereocenters. The highest BCUT2D eigenvalue weighted by molar-refractivity contribution is 6.33. The third-order valence-electron chi connectivity index (χ3n) is 4.36. The van der Waals surface area contributed by atoms with Gasteiger partial charge in [0.25, 0.3) is 0 Å². The minimum absolute atomic E-state index is 0.109. The number of para-hydroxylation sites is 1. The Hall–Kier alpha value is -2.40. The Labute approximate surface area is 153 Å². The Kier molecular flexibility index (Phi) is 5.34. The van der Waals surface area contributed by atoms with Gasteiger partial charge >= 0.3 is 6.03 Å². The number of rotatable bonds is 3. The zero-order valence-electron chi connectivity index (χ0n) is 14.5. The SMILES string of the molecule is COc1ccc(C)cc1NC(=O)N1CCN(c2ccccc2Cl)CC1. The molecule has 1 aliphatic heterocycles. The van der Waals surface area contributed by atoms with Crippen molar-refractivity contribution < 1.29 is 9.53 Å². The number of benzene rings is 2. The minimum atomic E-state index is -0.109. The molecule has 1 fully saturated rings. The van der Waals surface area contributed by atoms with E-state index in [0.717, 1.165) is 29.4 Å². The van der Waals surface area contributed by atoms with Gasteiger partial charge in [0, 0.05) is 26.2 Å². The van der Waals surface area contributed by atoms with Gasteiger partial charge in [0.15, 0.2) is 0 Å². The van der Waals surface area contributed by atoms with E-state index in [1.54, 1.807) is 7.11 Å². The maximum Gasteiger partial charge on any atom is 0.322 e. The van der Waals surface area contributed by atoms with E-state index in [0.29, 0.717) is 24.5 Å². The molecule has 1 aliphatic rings. The molecule has 0 aromatic heterocycles. The summed E-state index contributed by atoms with van der Waals surface area (Å²) in [6, 6.07) is 13.4. The van der Waals surface area contributed by atoms with E-state index in [4.69, 9.17) is 16.3 Å². The van der Waals surface area contributed by atoms with Crippen LogP contribution >= 0.6 is 11.6 Å². The highest BCUT2D eigenvalue weighted by Crippen LogP contribution is 2.27. The van der Waals surface area contributed by atoms with E-state index in [1.807, 2.05) is 54.3 Å². The van der Waals surface area contributed by atoms with Crippen molar-refractivity contribution in [3.8, 4) is 5.75 Å². The number of amides is 2. The molecule has 2 amide bonds. The van der Waals surface area contributed by atoms with Crippen molar-refractivity contribution in [1.29, 1.82) is 0 Å². The first-order valence-electron chi connectivity index (χ1n) is 8.28. The first kappa shape index (κ1) is 17.4. The van der Waals surface area contributed by atoms with Crippen LogP contribution in [0.5, 0.6) is 5.75 Å². The fourth-order valence-electron chi connectivity index (χ4n) is 2.97. The van der Waals surface area contributed by atoms with Crippen molar-refractivity contribution in [3.05, 3.63) is 53.1 Å². The summed E-state index contributed by atoms with van der Waals surface area (Å²) in [7, 11) is 1.60. The number of nitrogens with zero attached hydrogens (tertiary/aromatic N) is 2. The highest BCUT2D eigenvalue weighted by Gasteiger charge is 2.23. The van der Waals surface area contributed by atoms with Crippen LogP contribution in [0.25, 0.3) is 0 Å². The average molecular weight is 360 g/mol. The number of piperazine rings is 1. The number of methoxy groups -OCH3 is 1. The van der Waals surface area contributed by atoms with Crippen LogP contribution in [0.15, 0.2) is 42.5 Å². The number of nitrogens with one attached hydrogen (secondary N) is 1. The molecule has 6 heteroatoms. The van der Waals surface area contributed by atoms with Gasteiger partial charge in [-0.15, -0.1) is 0 Å². The normalized spacial score (nSPS) is 14.4. The first-order valence-corrected chi connectivity index (χ1v) is 8.66. The van der Waals surface area contributed by atoms with Crippen molar-refractivity contribution >= 4 is 29.0 Å². The Morgan fingerprint density at radius 3 is 2.52 bits per heavy atom. The lowest BCUT2D eigenvalue weighted by Gasteiger charge is -2.36. The molecule has 1 N–H and O–H groups in total. The molecule has 0 saturated carbocycles. The van der Waals surface area contributed by atoms with E-state index in [1.165, 1.54) is 0 Å². The molecule has 0 aliphatic carbocycles. The highest BCUT2D eigenvalue weighted by atomic mass is 35.5. The van der Waals surface area contributed by atoms with Crippen molar-refractivity contribution in [1.82, 2.24) is 4.90 Å². The van der Waals surface area contributed by atoms with E-state index >= 15 is 0 Å². The van der Waals surface area contributed by atoms with Crippen molar-refractivity contribution in [2.75, 3.05) is 43.5 Å².